The van der Waals surface area contributed by atoms with E-state index in [1.54, 1.807) is 0 Å². The van der Waals surface area contributed by atoms with E-state index in [1.807, 2.05) is 7.05 Å². The van der Waals surface area contributed by atoms with Crippen molar-refractivity contribution in [1.82, 2.24) is 15.5 Å². The molecule has 20 heavy (non-hydrogen) atoms. The Bertz CT molecular complexity index is 245. The van der Waals surface area contributed by atoms with E-state index in [4.69, 9.17) is 4.74 Å². The predicted molar refractivity (Wildman–Crippen MR) is 96.2 cm³/mol. The second-order valence-corrected chi connectivity index (χ2v) is 4.94. The van der Waals surface area contributed by atoms with Gasteiger partial charge in [-0.2, -0.15) is 0 Å². The number of aliphatic imine (C=N–C) groups is 1. The molecule has 0 bridgehead atoms. The minimum Gasteiger partial charge on any atom is -0.379 e. The maximum absolute atomic E-state index is 5.34. The molecule has 0 saturated carbocycles. The maximum atomic E-state index is 5.34. The summed E-state index contributed by atoms with van der Waals surface area (Å²) in [6.45, 7) is 9.36. The molecule has 0 aromatic carbocycles. The number of hydrogen-bond donors (Lipinski definition) is 2. The molecule has 1 saturated heterocycles. The van der Waals surface area contributed by atoms with Crippen LogP contribution in [-0.2, 0) is 4.74 Å². The second kappa shape index (κ2) is 13.9. The van der Waals surface area contributed by atoms with Crippen molar-refractivity contribution in [2.75, 3.05) is 53.0 Å². The smallest absolute Gasteiger partial charge is 0.190 e. The van der Waals surface area contributed by atoms with Gasteiger partial charge in [-0.1, -0.05) is 13.3 Å². The largest absolute Gasteiger partial charge is 0.379 e. The summed E-state index contributed by atoms with van der Waals surface area (Å²) in [4.78, 5) is 6.70. The highest BCUT2D eigenvalue weighted by molar-refractivity contribution is 14.0. The molecule has 1 fully saturated rings. The number of ether oxygens (including phenoxy) is 1. The summed E-state index contributed by atoms with van der Waals surface area (Å²) in [7, 11) is 1.83. The van der Waals surface area contributed by atoms with Gasteiger partial charge in [-0.25, -0.2) is 0 Å². The van der Waals surface area contributed by atoms with Crippen LogP contribution >= 0.6 is 24.0 Å². The Hall–Kier alpha value is -0.0800. The fourth-order valence-corrected chi connectivity index (χ4v) is 2.10. The van der Waals surface area contributed by atoms with Gasteiger partial charge in [0.1, 0.15) is 0 Å². The summed E-state index contributed by atoms with van der Waals surface area (Å²) in [6.07, 6.45) is 4.83. The van der Waals surface area contributed by atoms with Gasteiger partial charge in [0, 0.05) is 33.2 Å². The quantitative estimate of drug-likeness (QED) is 0.283. The van der Waals surface area contributed by atoms with E-state index < -0.39 is 0 Å². The second-order valence-electron chi connectivity index (χ2n) is 4.94. The molecule has 0 aliphatic carbocycles. The zero-order valence-electron chi connectivity index (χ0n) is 13.0. The SMILES string of the molecule is CCCCNC(=NC)NCCCCN1CCOCC1.I. The van der Waals surface area contributed by atoms with Gasteiger partial charge in [0.2, 0.25) is 0 Å². The number of halogens is 1. The lowest BCUT2D eigenvalue weighted by atomic mass is 10.2. The first-order valence-electron chi connectivity index (χ1n) is 7.61. The third-order valence-corrected chi connectivity index (χ3v) is 3.34. The molecule has 0 radical (unpaired) electrons. The van der Waals surface area contributed by atoms with Crippen molar-refractivity contribution in [3.05, 3.63) is 0 Å². The summed E-state index contributed by atoms with van der Waals surface area (Å²) in [6, 6.07) is 0. The van der Waals surface area contributed by atoms with E-state index in [0.29, 0.717) is 0 Å². The monoisotopic (exact) mass is 398 g/mol. The first kappa shape index (κ1) is 19.9. The molecule has 0 atom stereocenters. The van der Waals surface area contributed by atoms with Crippen molar-refractivity contribution in [1.29, 1.82) is 0 Å². The van der Waals surface area contributed by atoms with Crippen LogP contribution in [0.15, 0.2) is 4.99 Å². The third-order valence-electron chi connectivity index (χ3n) is 3.34. The average Bonchev–Trinajstić information content (AvgIpc) is 2.46. The lowest BCUT2D eigenvalue weighted by molar-refractivity contribution is 0.0372. The summed E-state index contributed by atoms with van der Waals surface area (Å²) >= 11 is 0. The zero-order valence-corrected chi connectivity index (χ0v) is 15.3. The standard InChI is InChI=1S/C14H30N4O.HI/c1-3-4-7-16-14(15-2)17-8-5-6-9-18-10-12-19-13-11-18;/h3-13H2,1-2H3,(H2,15,16,17);1H. The van der Waals surface area contributed by atoms with Crippen LogP contribution in [0.1, 0.15) is 32.6 Å². The minimum atomic E-state index is 0. The van der Waals surface area contributed by atoms with Crippen molar-refractivity contribution in [3.63, 3.8) is 0 Å². The fourth-order valence-electron chi connectivity index (χ4n) is 2.10. The molecule has 0 unspecified atom stereocenters. The van der Waals surface area contributed by atoms with Crippen LogP contribution in [0.5, 0.6) is 0 Å². The number of nitrogens with one attached hydrogen (secondary N) is 2. The Morgan fingerprint density at radius 1 is 1.10 bits per heavy atom. The van der Waals surface area contributed by atoms with Gasteiger partial charge in [0.15, 0.2) is 5.96 Å². The molecule has 120 valence electrons. The van der Waals surface area contributed by atoms with Gasteiger partial charge in [-0.15, -0.1) is 24.0 Å². The molecular formula is C14H31IN4O. The van der Waals surface area contributed by atoms with Gasteiger partial charge in [0.25, 0.3) is 0 Å². The highest BCUT2D eigenvalue weighted by Gasteiger charge is 2.08. The number of morpholine rings is 1. The van der Waals surface area contributed by atoms with Crippen LogP contribution in [0.25, 0.3) is 0 Å². The first-order chi connectivity index (χ1) is 9.36. The van der Waals surface area contributed by atoms with E-state index in [9.17, 15) is 0 Å². The average molecular weight is 398 g/mol. The highest BCUT2D eigenvalue weighted by Crippen LogP contribution is 1.99. The normalized spacial score (nSPS) is 16.6. The molecule has 0 spiro atoms. The summed E-state index contributed by atoms with van der Waals surface area (Å²) < 4.78 is 5.34. The molecule has 5 nitrogen and oxygen atoms in total. The van der Waals surface area contributed by atoms with E-state index in [-0.39, 0.29) is 24.0 Å². The number of nitrogens with zero attached hydrogens (tertiary/aromatic N) is 2. The van der Waals surface area contributed by atoms with Gasteiger partial charge in [0.05, 0.1) is 13.2 Å². The molecule has 1 aliphatic heterocycles. The first-order valence-corrected chi connectivity index (χ1v) is 7.61. The van der Waals surface area contributed by atoms with Crippen LogP contribution in [0, 0.1) is 0 Å². The number of hydrogen-bond acceptors (Lipinski definition) is 3. The van der Waals surface area contributed by atoms with E-state index in [1.165, 1.54) is 32.2 Å². The molecule has 1 heterocycles. The molecular weight excluding hydrogens is 367 g/mol. The van der Waals surface area contributed by atoms with Crippen LogP contribution in [-0.4, -0.2) is 63.8 Å². The molecule has 0 aromatic rings. The van der Waals surface area contributed by atoms with Gasteiger partial charge >= 0.3 is 0 Å². The molecule has 6 heteroatoms. The van der Waals surface area contributed by atoms with Crippen LogP contribution in [0.3, 0.4) is 0 Å². The molecule has 1 aliphatic rings. The lowest BCUT2D eigenvalue weighted by Gasteiger charge is -2.26. The molecule has 0 amide bonds. The zero-order chi connectivity index (χ0) is 13.8. The third kappa shape index (κ3) is 9.77. The Morgan fingerprint density at radius 2 is 1.75 bits per heavy atom. The van der Waals surface area contributed by atoms with Crippen molar-refractivity contribution >= 4 is 29.9 Å². The number of unbranched alkanes of at least 4 members (excludes halogenated alkanes) is 2. The van der Waals surface area contributed by atoms with Gasteiger partial charge < -0.3 is 15.4 Å². The van der Waals surface area contributed by atoms with Crippen LogP contribution < -0.4 is 10.6 Å². The highest BCUT2D eigenvalue weighted by atomic mass is 127. The Labute approximate surface area is 140 Å². The summed E-state index contributed by atoms with van der Waals surface area (Å²) in [5, 5.41) is 6.68. The summed E-state index contributed by atoms with van der Waals surface area (Å²) in [5.41, 5.74) is 0. The molecule has 1 rings (SSSR count). The van der Waals surface area contributed by atoms with E-state index in [0.717, 1.165) is 45.4 Å². The van der Waals surface area contributed by atoms with E-state index in [2.05, 4.69) is 27.4 Å². The fraction of sp³-hybridized carbons (Fsp3) is 0.929. The maximum Gasteiger partial charge on any atom is 0.190 e. The van der Waals surface area contributed by atoms with Crippen molar-refractivity contribution in [2.45, 2.75) is 32.6 Å². The van der Waals surface area contributed by atoms with Crippen molar-refractivity contribution in [2.24, 2.45) is 4.99 Å². The van der Waals surface area contributed by atoms with E-state index >= 15 is 0 Å². The molecule has 0 aromatic heterocycles. The predicted octanol–water partition coefficient (Wildman–Crippen LogP) is 1.68. The lowest BCUT2D eigenvalue weighted by Crippen LogP contribution is -2.39. The Kier molecular flexibility index (Phi) is 13.8. The van der Waals surface area contributed by atoms with Crippen molar-refractivity contribution in [3.8, 4) is 0 Å². The van der Waals surface area contributed by atoms with Crippen LogP contribution in [0.2, 0.25) is 0 Å². The Morgan fingerprint density at radius 3 is 2.35 bits per heavy atom. The van der Waals surface area contributed by atoms with Gasteiger partial charge in [-0.3, -0.25) is 9.89 Å². The minimum absolute atomic E-state index is 0. The van der Waals surface area contributed by atoms with Gasteiger partial charge in [-0.05, 0) is 25.8 Å². The Balaban J connectivity index is 0.00000361. The number of guanidine groups is 1. The summed E-state index contributed by atoms with van der Waals surface area (Å²) in [5.74, 6) is 0.930. The van der Waals surface area contributed by atoms with Crippen LogP contribution in [0.4, 0.5) is 0 Å². The number of rotatable bonds is 8. The molecule has 2 N–H and O–H groups in total. The van der Waals surface area contributed by atoms with Crippen molar-refractivity contribution < 1.29 is 4.74 Å². The topological polar surface area (TPSA) is 48.9 Å².